The molecule has 1 atom stereocenters. The maximum Gasteiger partial charge on any atom is 0.418 e. The van der Waals surface area contributed by atoms with Crippen LogP contribution in [0.4, 0.5) is 18.9 Å². The molecule has 1 saturated heterocycles. The lowest BCUT2D eigenvalue weighted by Crippen LogP contribution is -2.51. The van der Waals surface area contributed by atoms with Crippen molar-refractivity contribution in [2.75, 3.05) is 45.6 Å². The molecule has 0 amide bonds. The van der Waals surface area contributed by atoms with Gasteiger partial charge < -0.3 is 10.2 Å². The summed E-state index contributed by atoms with van der Waals surface area (Å²) < 4.78 is 66.8. The highest BCUT2D eigenvalue weighted by Crippen LogP contribution is 2.35. The summed E-state index contributed by atoms with van der Waals surface area (Å²) in [5, 5.41) is 2.99. The van der Waals surface area contributed by atoms with E-state index < -0.39 is 21.9 Å². The number of piperazine rings is 1. The summed E-state index contributed by atoms with van der Waals surface area (Å²) in [6.07, 6.45) is 1.71. The van der Waals surface area contributed by atoms with Crippen molar-refractivity contribution in [1.29, 1.82) is 0 Å². The van der Waals surface area contributed by atoms with Gasteiger partial charge in [0.2, 0.25) is 0 Å². The molecule has 1 aromatic carbocycles. The molecule has 160 valence electrons. The average molecular weight is 430 g/mol. The number of allylic oxidation sites excluding steroid dienone is 2. The Morgan fingerprint density at radius 3 is 2.38 bits per heavy atom. The molecule has 0 spiro atoms. The van der Waals surface area contributed by atoms with Crippen LogP contribution in [0.5, 0.6) is 0 Å². The molecule has 1 aliphatic heterocycles. The standard InChI is InChI=1S/C19H25F3N4O2S/c1-24(2)29(27,28)26-12-10-25(11-13-26)16-7-5-6-15(14-16)23-18-9-4-3-8-17(18)19(20,21)22/h3-9,15,23H,10-14H2,1-2H3. The fraction of sp³-hybridized carbons (Fsp3) is 0.474. The third-order valence-electron chi connectivity index (χ3n) is 5.07. The Balaban J connectivity index is 1.63. The fourth-order valence-electron chi connectivity index (χ4n) is 3.49. The van der Waals surface area contributed by atoms with Gasteiger partial charge in [-0.15, -0.1) is 0 Å². The van der Waals surface area contributed by atoms with Crippen LogP contribution >= 0.6 is 0 Å². The maximum atomic E-state index is 13.2. The molecule has 0 saturated carbocycles. The summed E-state index contributed by atoms with van der Waals surface area (Å²) >= 11 is 0. The van der Waals surface area contributed by atoms with E-state index >= 15 is 0 Å². The Labute approximate surface area is 169 Å². The number of hydrogen-bond acceptors (Lipinski definition) is 4. The normalized spacial score (nSPS) is 21.4. The topological polar surface area (TPSA) is 55.9 Å². The zero-order valence-corrected chi connectivity index (χ0v) is 17.2. The molecule has 1 aromatic rings. The summed E-state index contributed by atoms with van der Waals surface area (Å²) in [6.45, 7) is 1.82. The predicted octanol–water partition coefficient (Wildman–Crippen LogP) is 2.75. The van der Waals surface area contributed by atoms with Gasteiger partial charge in [0.15, 0.2) is 0 Å². The Morgan fingerprint density at radius 2 is 1.76 bits per heavy atom. The first-order valence-electron chi connectivity index (χ1n) is 9.31. The summed E-state index contributed by atoms with van der Waals surface area (Å²) in [4.78, 5) is 2.09. The average Bonchev–Trinajstić information content (AvgIpc) is 2.68. The first-order valence-corrected chi connectivity index (χ1v) is 10.7. The third kappa shape index (κ3) is 4.93. The van der Waals surface area contributed by atoms with E-state index in [9.17, 15) is 21.6 Å². The van der Waals surface area contributed by atoms with Crippen molar-refractivity contribution in [3.05, 3.63) is 53.8 Å². The van der Waals surface area contributed by atoms with E-state index in [0.29, 0.717) is 32.6 Å². The lowest BCUT2D eigenvalue weighted by Gasteiger charge is -2.39. The molecule has 0 aromatic heterocycles. The van der Waals surface area contributed by atoms with Crippen molar-refractivity contribution in [3.63, 3.8) is 0 Å². The molecule has 2 aliphatic rings. The smallest absolute Gasteiger partial charge is 0.378 e. The zero-order chi connectivity index (χ0) is 21.2. The quantitative estimate of drug-likeness (QED) is 0.781. The highest BCUT2D eigenvalue weighted by Gasteiger charge is 2.34. The van der Waals surface area contributed by atoms with Crippen molar-refractivity contribution < 1.29 is 21.6 Å². The van der Waals surface area contributed by atoms with Crippen LogP contribution in [0, 0.1) is 0 Å². The van der Waals surface area contributed by atoms with Crippen molar-refractivity contribution in [1.82, 2.24) is 13.5 Å². The molecule has 1 unspecified atom stereocenters. The lowest BCUT2D eigenvalue weighted by molar-refractivity contribution is -0.137. The Hall–Kier alpha value is -2.04. The minimum Gasteiger partial charge on any atom is -0.378 e. The van der Waals surface area contributed by atoms with Crippen molar-refractivity contribution in [2.24, 2.45) is 0 Å². The van der Waals surface area contributed by atoms with Crippen LogP contribution < -0.4 is 5.32 Å². The van der Waals surface area contributed by atoms with Crippen LogP contribution in [0.3, 0.4) is 0 Å². The molecule has 10 heteroatoms. The number of hydrogen-bond donors (Lipinski definition) is 1. The fourth-order valence-corrected chi connectivity index (χ4v) is 4.58. The Kier molecular flexibility index (Phi) is 6.25. The van der Waals surface area contributed by atoms with Gasteiger partial charge in [0, 0.05) is 58.1 Å². The van der Waals surface area contributed by atoms with Gasteiger partial charge in [0.05, 0.1) is 11.6 Å². The van der Waals surface area contributed by atoms with E-state index in [2.05, 4.69) is 10.2 Å². The number of nitrogens with zero attached hydrogens (tertiary/aromatic N) is 3. The number of alkyl halides is 3. The van der Waals surface area contributed by atoms with Gasteiger partial charge in [0.25, 0.3) is 10.2 Å². The predicted molar refractivity (Wildman–Crippen MR) is 106 cm³/mol. The highest BCUT2D eigenvalue weighted by molar-refractivity contribution is 7.86. The highest BCUT2D eigenvalue weighted by atomic mass is 32.2. The number of halogens is 3. The molecule has 0 bridgehead atoms. The molecule has 1 N–H and O–H groups in total. The minimum atomic E-state index is -4.42. The molecule has 1 fully saturated rings. The van der Waals surface area contributed by atoms with E-state index in [0.717, 1.165) is 11.8 Å². The summed E-state index contributed by atoms with van der Waals surface area (Å²) in [5.74, 6) is 0. The molecule has 6 nitrogen and oxygen atoms in total. The number of para-hydroxylation sites is 1. The first kappa shape index (κ1) is 21.7. The molecular weight excluding hydrogens is 405 g/mol. The van der Waals surface area contributed by atoms with Crippen LogP contribution in [0.15, 0.2) is 48.2 Å². The third-order valence-corrected chi connectivity index (χ3v) is 7.01. The minimum absolute atomic E-state index is 0.0535. The van der Waals surface area contributed by atoms with Gasteiger partial charge in [0.1, 0.15) is 0 Å². The van der Waals surface area contributed by atoms with E-state index in [1.807, 2.05) is 18.2 Å². The molecule has 0 radical (unpaired) electrons. The number of anilines is 1. The van der Waals surface area contributed by atoms with E-state index in [1.54, 1.807) is 6.07 Å². The van der Waals surface area contributed by atoms with Crippen LogP contribution in [-0.2, 0) is 16.4 Å². The van der Waals surface area contributed by atoms with Crippen LogP contribution in [-0.4, -0.2) is 68.2 Å². The Bertz CT molecular complexity index is 889. The van der Waals surface area contributed by atoms with Gasteiger partial charge in [-0.3, -0.25) is 0 Å². The zero-order valence-electron chi connectivity index (χ0n) is 16.4. The van der Waals surface area contributed by atoms with Crippen molar-refractivity contribution in [3.8, 4) is 0 Å². The van der Waals surface area contributed by atoms with Crippen LogP contribution in [0.1, 0.15) is 12.0 Å². The van der Waals surface area contributed by atoms with Gasteiger partial charge >= 0.3 is 6.18 Å². The SMILES string of the molecule is CN(C)S(=O)(=O)N1CCN(C2=CC=CC(Nc3ccccc3C(F)(F)F)C2)CC1. The van der Waals surface area contributed by atoms with Crippen molar-refractivity contribution >= 4 is 15.9 Å². The van der Waals surface area contributed by atoms with Gasteiger partial charge in [-0.25, -0.2) is 0 Å². The number of benzene rings is 1. The molecule has 29 heavy (non-hydrogen) atoms. The summed E-state index contributed by atoms with van der Waals surface area (Å²) in [5.41, 5.74) is 0.348. The van der Waals surface area contributed by atoms with E-state index in [4.69, 9.17) is 0 Å². The first-order chi connectivity index (χ1) is 13.6. The maximum absolute atomic E-state index is 13.2. The van der Waals surface area contributed by atoms with Crippen molar-refractivity contribution in [2.45, 2.75) is 18.6 Å². The second-order valence-electron chi connectivity index (χ2n) is 7.22. The number of nitrogens with one attached hydrogen (secondary N) is 1. The molecule has 1 aliphatic carbocycles. The largest absolute Gasteiger partial charge is 0.418 e. The van der Waals surface area contributed by atoms with Crippen LogP contribution in [0.2, 0.25) is 0 Å². The molecular formula is C19H25F3N4O2S. The summed E-state index contributed by atoms with van der Waals surface area (Å²) in [6, 6.07) is 5.17. The van der Waals surface area contributed by atoms with Gasteiger partial charge in [-0.1, -0.05) is 24.3 Å². The van der Waals surface area contributed by atoms with E-state index in [1.165, 1.54) is 34.8 Å². The number of rotatable bonds is 5. The second-order valence-corrected chi connectivity index (χ2v) is 9.36. The summed E-state index contributed by atoms with van der Waals surface area (Å²) in [7, 11) is -0.426. The van der Waals surface area contributed by atoms with Gasteiger partial charge in [-0.2, -0.15) is 30.2 Å². The molecule has 3 rings (SSSR count). The Morgan fingerprint density at radius 1 is 1.10 bits per heavy atom. The lowest BCUT2D eigenvalue weighted by atomic mass is 10.0. The second kappa shape index (κ2) is 8.37. The molecule has 1 heterocycles. The van der Waals surface area contributed by atoms with Crippen LogP contribution in [0.25, 0.3) is 0 Å². The van der Waals surface area contributed by atoms with E-state index in [-0.39, 0.29) is 11.7 Å². The monoisotopic (exact) mass is 430 g/mol. The van der Waals surface area contributed by atoms with Gasteiger partial charge in [-0.05, 0) is 18.2 Å².